The SMILES string of the molecule is CCC(=O)N1CCN(c2c(Cl)cccc2NC(=O)c2ccc(OC)c([N+](=O)[O-])c2)CC1. The third kappa shape index (κ3) is 4.88. The fraction of sp³-hybridized carbons (Fsp3) is 0.333. The molecule has 1 N–H and O–H groups in total. The summed E-state index contributed by atoms with van der Waals surface area (Å²) in [5.74, 6) is -0.327. The van der Waals surface area contributed by atoms with E-state index in [4.69, 9.17) is 16.3 Å². The molecule has 1 aliphatic rings. The molecule has 0 radical (unpaired) electrons. The van der Waals surface area contributed by atoms with Crippen LogP contribution in [0.15, 0.2) is 36.4 Å². The highest BCUT2D eigenvalue weighted by Crippen LogP contribution is 2.35. The number of carbonyl (C=O) groups excluding carboxylic acids is 2. The number of carbonyl (C=O) groups is 2. The Morgan fingerprint density at radius 1 is 1.19 bits per heavy atom. The van der Waals surface area contributed by atoms with Gasteiger partial charge >= 0.3 is 5.69 Å². The summed E-state index contributed by atoms with van der Waals surface area (Å²) in [6, 6.07) is 9.19. The van der Waals surface area contributed by atoms with E-state index in [-0.39, 0.29) is 22.9 Å². The van der Waals surface area contributed by atoms with Crippen LogP contribution in [0.2, 0.25) is 5.02 Å². The number of piperazine rings is 1. The van der Waals surface area contributed by atoms with Gasteiger partial charge in [0, 0.05) is 44.2 Å². The van der Waals surface area contributed by atoms with Crippen molar-refractivity contribution in [2.24, 2.45) is 0 Å². The molecular formula is C21H23ClN4O5. The van der Waals surface area contributed by atoms with Crippen LogP contribution in [0.25, 0.3) is 0 Å². The summed E-state index contributed by atoms with van der Waals surface area (Å²) in [7, 11) is 1.33. The van der Waals surface area contributed by atoms with Gasteiger partial charge in [-0.3, -0.25) is 19.7 Å². The molecule has 1 fully saturated rings. The summed E-state index contributed by atoms with van der Waals surface area (Å²) in [5.41, 5.74) is 0.977. The number of hydrogen-bond donors (Lipinski definition) is 1. The maximum atomic E-state index is 12.8. The predicted molar refractivity (Wildman–Crippen MR) is 118 cm³/mol. The van der Waals surface area contributed by atoms with Gasteiger partial charge < -0.3 is 19.9 Å². The minimum Gasteiger partial charge on any atom is -0.490 e. The van der Waals surface area contributed by atoms with E-state index in [0.29, 0.717) is 49.0 Å². The third-order valence-electron chi connectivity index (χ3n) is 5.12. The zero-order valence-electron chi connectivity index (χ0n) is 17.3. The molecule has 0 aliphatic carbocycles. The normalized spacial score (nSPS) is 13.6. The number of para-hydroxylation sites is 1. The largest absolute Gasteiger partial charge is 0.490 e. The van der Waals surface area contributed by atoms with Crippen molar-refractivity contribution < 1.29 is 19.2 Å². The summed E-state index contributed by atoms with van der Waals surface area (Å²) >= 11 is 6.45. The molecule has 0 spiro atoms. The van der Waals surface area contributed by atoms with Crippen molar-refractivity contribution in [3.05, 3.63) is 57.1 Å². The first-order chi connectivity index (χ1) is 14.8. The first-order valence-corrected chi connectivity index (χ1v) is 10.2. The molecule has 0 atom stereocenters. The minimum atomic E-state index is -0.600. The van der Waals surface area contributed by atoms with Crippen LogP contribution in [-0.4, -0.2) is 54.9 Å². The van der Waals surface area contributed by atoms with Crippen LogP contribution in [0, 0.1) is 10.1 Å². The van der Waals surface area contributed by atoms with E-state index in [1.54, 1.807) is 18.2 Å². The van der Waals surface area contributed by atoms with Gasteiger partial charge in [0.2, 0.25) is 5.91 Å². The molecule has 2 aromatic rings. The Kier molecular flexibility index (Phi) is 6.96. The molecule has 0 unspecified atom stereocenters. The van der Waals surface area contributed by atoms with Crippen molar-refractivity contribution >= 4 is 40.5 Å². The number of rotatable bonds is 6. The van der Waals surface area contributed by atoms with Crippen LogP contribution in [0.1, 0.15) is 23.7 Å². The van der Waals surface area contributed by atoms with Crippen molar-refractivity contribution in [3.8, 4) is 5.75 Å². The molecule has 9 nitrogen and oxygen atoms in total. The molecule has 3 rings (SSSR count). The summed E-state index contributed by atoms with van der Waals surface area (Å²) in [6.45, 7) is 4.12. The zero-order chi connectivity index (χ0) is 22.5. The second-order valence-corrected chi connectivity index (χ2v) is 7.36. The van der Waals surface area contributed by atoms with Gasteiger partial charge in [-0.1, -0.05) is 24.6 Å². The fourth-order valence-electron chi connectivity index (χ4n) is 3.51. The Morgan fingerprint density at radius 3 is 2.52 bits per heavy atom. The molecular weight excluding hydrogens is 424 g/mol. The lowest BCUT2D eigenvalue weighted by atomic mass is 10.1. The Labute approximate surface area is 184 Å². The lowest BCUT2D eigenvalue weighted by Gasteiger charge is -2.37. The van der Waals surface area contributed by atoms with Crippen molar-refractivity contribution in [2.45, 2.75) is 13.3 Å². The number of amides is 2. The number of nitro benzene ring substituents is 1. The molecule has 1 saturated heterocycles. The first kappa shape index (κ1) is 22.4. The first-order valence-electron chi connectivity index (χ1n) is 9.80. The van der Waals surface area contributed by atoms with E-state index in [0.717, 1.165) is 0 Å². The molecule has 2 aromatic carbocycles. The van der Waals surface area contributed by atoms with E-state index >= 15 is 0 Å². The molecule has 1 aliphatic heterocycles. The number of nitro groups is 1. The van der Waals surface area contributed by atoms with Gasteiger partial charge in [0.05, 0.1) is 28.4 Å². The lowest BCUT2D eigenvalue weighted by molar-refractivity contribution is -0.385. The number of nitrogens with one attached hydrogen (secondary N) is 1. The molecule has 10 heteroatoms. The number of benzene rings is 2. The van der Waals surface area contributed by atoms with Gasteiger partial charge in [-0.15, -0.1) is 0 Å². The summed E-state index contributed by atoms with van der Waals surface area (Å²) in [4.78, 5) is 39.2. The zero-order valence-corrected chi connectivity index (χ0v) is 18.0. The van der Waals surface area contributed by atoms with E-state index < -0.39 is 10.8 Å². The number of ether oxygens (including phenoxy) is 1. The summed E-state index contributed by atoms with van der Waals surface area (Å²) < 4.78 is 4.98. The Bertz CT molecular complexity index is 1010. The van der Waals surface area contributed by atoms with E-state index in [1.807, 2.05) is 16.7 Å². The summed E-state index contributed by atoms with van der Waals surface area (Å²) in [5, 5.41) is 14.5. The van der Waals surface area contributed by atoms with Gasteiger partial charge in [-0.2, -0.15) is 0 Å². The number of hydrogen-bond acceptors (Lipinski definition) is 6. The number of anilines is 2. The molecule has 164 valence electrons. The molecule has 0 aromatic heterocycles. The van der Waals surface area contributed by atoms with Gasteiger partial charge in [-0.05, 0) is 24.3 Å². The third-order valence-corrected chi connectivity index (χ3v) is 5.43. The quantitative estimate of drug-likeness (QED) is 0.537. The number of methoxy groups -OCH3 is 1. The Balaban J connectivity index is 1.83. The highest BCUT2D eigenvalue weighted by molar-refractivity contribution is 6.34. The van der Waals surface area contributed by atoms with Crippen molar-refractivity contribution in [1.82, 2.24) is 4.90 Å². The van der Waals surface area contributed by atoms with Crippen LogP contribution in [0.5, 0.6) is 5.75 Å². The van der Waals surface area contributed by atoms with Crippen molar-refractivity contribution in [3.63, 3.8) is 0 Å². The summed E-state index contributed by atoms with van der Waals surface area (Å²) in [6.07, 6.45) is 0.460. The van der Waals surface area contributed by atoms with Crippen LogP contribution in [-0.2, 0) is 4.79 Å². The number of halogens is 1. The second kappa shape index (κ2) is 9.65. The van der Waals surface area contributed by atoms with Gasteiger partial charge in [0.1, 0.15) is 0 Å². The lowest BCUT2D eigenvalue weighted by Crippen LogP contribution is -2.48. The number of nitrogens with zero attached hydrogens (tertiary/aromatic N) is 3. The fourth-order valence-corrected chi connectivity index (χ4v) is 3.80. The maximum Gasteiger partial charge on any atom is 0.311 e. The predicted octanol–water partition coefficient (Wildman–Crippen LogP) is 3.57. The van der Waals surface area contributed by atoms with Gasteiger partial charge in [0.15, 0.2) is 5.75 Å². The second-order valence-electron chi connectivity index (χ2n) is 6.96. The topological polar surface area (TPSA) is 105 Å². The molecule has 2 amide bonds. The molecule has 1 heterocycles. The van der Waals surface area contributed by atoms with Crippen LogP contribution >= 0.6 is 11.6 Å². The molecule has 0 bridgehead atoms. The molecule has 31 heavy (non-hydrogen) atoms. The van der Waals surface area contributed by atoms with E-state index in [2.05, 4.69) is 5.32 Å². The van der Waals surface area contributed by atoms with Gasteiger partial charge in [0.25, 0.3) is 5.91 Å². The monoisotopic (exact) mass is 446 g/mol. The van der Waals surface area contributed by atoms with Crippen molar-refractivity contribution in [1.29, 1.82) is 0 Å². The van der Waals surface area contributed by atoms with E-state index in [9.17, 15) is 19.7 Å². The maximum absolute atomic E-state index is 12.8. The highest BCUT2D eigenvalue weighted by Gasteiger charge is 2.25. The highest BCUT2D eigenvalue weighted by atomic mass is 35.5. The molecule has 0 saturated carbocycles. The average Bonchev–Trinajstić information content (AvgIpc) is 2.78. The van der Waals surface area contributed by atoms with Crippen LogP contribution < -0.4 is 15.0 Å². The minimum absolute atomic E-state index is 0.0736. The van der Waals surface area contributed by atoms with Crippen LogP contribution in [0.4, 0.5) is 17.1 Å². The van der Waals surface area contributed by atoms with Gasteiger partial charge in [-0.25, -0.2) is 0 Å². The smallest absolute Gasteiger partial charge is 0.311 e. The van der Waals surface area contributed by atoms with E-state index in [1.165, 1.54) is 25.3 Å². The van der Waals surface area contributed by atoms with Crippen LogP contribution in [0.3, 0.4) is 0 Å². The Hall–Kier alpha value is -3.33. The van der Waals surface area contributed by atoms with Crippen molar-refractivity contribution in [2.75, 3.05) is 43.5 Å². The average molecular weight is 447 g/mol. The standard InChI is InChI=1S/C21H23ClN4O5/c1-3-19(27)24-9-11-25(12-10-24)20-15(22)5-4-6-16(20)23-21(28)14-7-8-18(31-2)17(13-14)26(29)30/h4-8,13H,3,9-12H2,1-2H3,(H,23,28). The Morgan fingerprint density at radius 2 is 1.90 bits per heavy atom.